The molecule has 25 heavy (non-hydrogen) atoms. The topological polar surface area (TPSA) is 54.5 Å². The van der Waals surface area contributed by atoms with E-state index in [-0.39, 0.29) is 23.5 Å². The van der Waals surface area contributed by atoms with Gasteiger partial charge in [0.2, 0.25) is 11.6 Å². The van der Waals surface area contributed by atoms with E-state index in [0.29, 0.717) is 13.0 Å². The summed E-state index contributed by atoms with van der Waals surface area (Å²) < 4.78 is 0. The number of hydrogen-bond donors (Lipinski definition) is 0. The van der Waals surface area contributed by atoms with Crippen molar-refractivity contribution in [3.05, 3.63) is 65.7 Å². The molecule has 0 aliphatic heterocycles. The third-order valence-corrected chi connectivity index (χ3v) is 4.04. The van der Waals surface area contributed by atoms with E-state index in [2.05, 4.69) is 0 Å². The molecule has 0 unspecified atom stereocenters. The highest BCUT2D eigenvalue weighted by atomic mass is 16.2. The Bertz CT molecular complexity index is 753. The van der Waals surface area contributed by atoms with E-state index >= 15 is 0 Å². The molecule has 2 rings (SSSR count). The number of para-hydroxylation sites is 1. The Balaban J connectivity index is 2.34. The predicted octanol–water partition coefficient (Wildman–Crippen LogP) is 4.30. The predicted molar refractivity (Wildman–Crippen MR) is 99.1 cm³/mol. The maximum atomic E-state index is 13.0. The van der Waals surface area contributed by atoms with Gasteiger partial charge in [0, 0.05) is 24.2 Å². The largest absolute Gasteiger partial charge is 0.309 e. The first-order valence-electron chi connectivity index (χ1n) is 8.63. The first-order valence-corrected chi connectivity index (χ1v) is 8.63. The molecule has 4 nitrogen and oxygen atoms in total. The molecule has 0 radical (unpaired) electrons. The van der Waals surface area contributed by atoms with Gasteiger partial charge in [-0.25, -0.2) is 0 Å². The van der Waals surface area contributed by atoms with E-state index in [1.165, 1.54) is 0 Å². The highest BCUT2D eigenvalue weighted by Gasteiger charge is 2.24. The first kappa shape index (κ1) is 18.6. The summed E-state index contributed by atoms with van der Waals surface area (Å²) in [4.78, 5) is 39.2. The molecule has 0 saturated carbocycles. The van der Waals surface area contributed by atoms with E-state index in [1.807, 2.05) is 44.2 Å². The van der Waals surface area contributed by atoms with Crippen molar-refractivity contribution < 1.29 is 14.4 Å². The molecule has 1 amide bonds. The molecule has 0 aliphatic rings. The van der Waals surface area contributed by atoms with Gasteiger partial charge < -0.3 is 4.90 Å². The Kier molecular flexibility index (Phi) is 6.63. The number of nitrogens with zero attached hydrogens (tertiary/aromatic N) is 1. The van der Waals surface area contributed by atoms with Crippen LogP contribution in [-0.4, -0.2) is 24.0 Å². The average Bonchev–Trinajstić information content (AvgIpc) is 2.66. The molecule has 0 heterocycles. The maximum Gasteiger partial charge on any atom is 0.259 e. The van der Waals surface area contributed by atoms with Crippen molar-refractivity contribution in [2.45, 2.75) is 33.1 Å². The molecule has 2 aromatic rings. The Morgan fingerprint density at radius 2 is 1.44 bits per heavy atom. The van der Waals surface area contributed by atoms with Crippen molar-refractivity contribution in [3.63, 3.8) is 0 Å². The minimum absolute atomic E-state index is 0.183. The van der Waals surface area contributed by atoms with E-state index in [0.717, 1.165) is 12.1 Å². The van der Waals surface area contributed by atoms with Crippen LogP contribution < -0.4 is 4.90 Å². The molecule has 0 N–H and O–H groups in total. The van der Waals surface area contributed by atoms with Crippen LogP contribution in [0.1, 0.15) is 53.8 Å². The molecule has 0 bridgehead atoms. The van der Waals surface area contributed by atoms with Crippen molar-refractivity contribution >= 4 is 23.2 Å². The Morgan fingerprint density at radius 1 is 0.840 bits per heavy atom. The summed E-state index contributed by atoms with van der Waals surface area (Å²) in [5, 5.41) is 0. The van der Waals surface area contributed by atoms with Gasteiger partial charge in [-0.1, -0.05) is 49.7 Å². The number of ketones is 2. The van der Waals surface area contributed by atoms with Gasteiger partial charge in [-0.3, -0.25) is 14.4 Å². The second-order valence-electron chi connectivity index (χ2n) is 5.79. The highest BCUT2D eigenvalue weighted by molar-refractivity contribution is 6.45. The second kappa shape index (κ2) is 8.92. The quantitative estimate of drug-likeness (QED) is 0.533. The molecule has 4 heteroatoms. The third kappa shape index (κ3) is 4.41. The first-order chi connectivity index (χ1) is 12.1. The molecular formula is C21H23NO3. The summed E-state index contributed by atoms with van der Waals surface area (Å²) in [6.07, 6.45) is 1.73. The SMILES string of the molecule is CCCCC(=O)C(=O)c1ccccc1C(=O)N(CC)c1ccccc1. The molecule has 0 saturated heterocycles. The number of carbonyl (C=O) groups is 3. The Labute approximate surface area is 148 Å². The summed E-state index contributed by atoms with van der Waals surface area (Å²) in [6, 6.07) is 15.8. The summed E-state index contributed by atoms with van der Waals surface area (Å²) in [5.41, 5.74) is 1.21. The highest BCUT2D eigenvalue weighted by Crippen LogP contribution is 2.20. The summed E-state index contributed by atoms with van der Waals surface area (Å²) in [6.45, 7) is 4.31. The fourth-order valence-corrected chi connectivity index (χ4v) is 2.67. The van der Waals surface area contributed by atoms with Crippen molar-refractivity contribution in [2.75, 3.05) is 11.4 Å². The van der Waals surface area contributed by atoms with Crippen molar-refractivity contribution in [1.82, 2.24) is 0 Å². The van der Waals surface area contributed by atoms with Crippen LogP contribution in [-0.2, 0) is 4.79 Å². The average molecular weight is 337 g/mol. The van der Waals surface area contributed by atoms with Crippen molar-refractivity contribution in [1.29, 1.82) is 0 Å². The number of anilines is 1. The van der Waals surface area contributed by atoms with Crippen LogP contribution in [0.15, 0.2) is 54.6 Å². The minimum atomic E-state index is -0.582. The molecule has 130 valence electrons. The van der Waals surface area contributed by atoms with Gasteiger partial charge in [-0.05, 0) is 31.5 Å². The number of rotatable bonds is 8. The van der Waals surface area contributed by atoms with Crippen molar-refractivity contribution in [3.8, 4) is 0 Å². The zero-order valence-electron chi connectivity index (χ0n) is 14.7. The number of benzene rings is 2. The van der Waals surface area contributed by atoms with E-state index < -0.39 is 11.6 Å². The fraction of sp³-hybridized carbons (Fsp3) is 0.286. The van der Waals surface area contributed by atoms with Gasteiger partial charge in [-0.2, -0.15) is 0 Å². The van der Waals surface area contributed by atoms with Gasteiger partial charge in [0.1, 0.15) is 0 Å². The number of unbranched alkanes of at least 4 members (excludes halogenated alkanes) is 1. The molecule has 0 atom stereocenters. The van der Waals surface area contributed by atoms with Crippen LogP contribution in [0, 0.1) is 0 Å². The number of hydrogen-bond acceptors (Lipinski definition) is 3. The minimum Gasteiger partial charge on any atom is -0.309 e. The van der Waals surface area contributed by atoms with Gasteiger partial charge >= 0.3 is 0 Å². The van der Waals surface area contributed by atoms with Crippen LogP contribution in [0.25, 0.3) is 0 Å². The van der Waals surface area contributed by atoms with Gasteiger partial charge in [0.15, 0.2) is 0 Å². The monoisotopic (exact) mass is 337 g/mol. The van der Waals surface area contributed by atoms with Crippen molar-refractivity contribution in [2.24, 2.45) is 0 Å². The molecule has 0 spiro atoms. The number of Topliss-reactive ketones (excluding diaryl/α,β-unsaturated/α-hetero) is 2. The lowest BCUT2D eigenvalue weighted by molar-refractivity contribution is -0.115. The van der Waals surface area contributed by atoms with Crippen LogP contribution >= 0.6 is 0 Å². The van der Waals surface area contributed by atoms with E-state index in [1.54, 1.807) is 29.2 Å². The maximum absolute atomic E-state index is 13.0. The Hall–Kier alpha value is -2.75. The van der Waals surface area contributed by atoms with Crippen LogP contribution in [0.4, 0.5) is 5.69 Å². The van der Waals surface area contributed by atoms with E-state index in [9.17, 15) is 14.4 Å². The lowest BCUT2D eigenvalue weighted by atomic mass is 9.97. The van der Waals surface area contributed by atoms with Crippen LogP contribution in [0.2, 0.25) is 0 Å². The second-order valence-corrected chi connectivity index (χ2v) is 5.79. The lowest BCUT2D eigenvalue weighted by Gasteiger charge is -2.22. The Morgan fingerprint density at radius 3 is 2.04 bits per heavy atom. The van der Waals surface area contributed by atoms with Gasteiger partial charge in [0.05, 0.1) is 5.56 Å². The third-order valence-electron chi connectivity index (χ3n) is 4.04. The smallest absolute Gasteiger partial charge is 0.259 e. The number of carbonyl (C=O) groups excluding carboxylic acids is 3. The normalized spacial score (nSPS) is 10.3. The van der Waals surface area contributed by atoms with Crippen LogP contribution in [0.5, 0.6) is 0 Å². The molecular weight excluding hydrogens is 314 g/mol. The fourth-order valence-electron chi connectivity index (χ4n) is 2.67. The standard InChI is InChI=1S/C21H23NO3/c1-3-5-15-19(23)20(24)17-13-9-10-14-18(17)21(25)22(4-2)16-11-7-6-8-12-16/h6-14H,3-5,15H2,1-2H3. The molecule has 2 aromatic carbocycles. The molecule has 0 fully saturated rings. The zero-order valence-corrected chi connectivity index (χ0v) is 14.7. The molecule has 0 aromatic heterocycles. The van der Waals surface area contributed by atoms with Gasteiger partial charge in [0.25, 0.3) is 5.91 Å². The van der Waals surface area contributed by atoms with Gasteiger partial charge in [-0.15, -0.1) is 0 Å². The summed E-state index contributed by atoms with van der Waals surface area (Å²) >= 11 is 0. The number of amides is 1. The molecule has 0 aliphatic carbocycles. The zero-order chi connectivity index (χ0) is 18.2. The summed E-state index contributed by atoms with van der Waals surface area (Å²) in [5.74, 6) is -1.30. The van der Waals surface area contributed by atoms with Crippen LogP contribution in [0.3, 0.4) is 0 Å². The summed E-state index contributed by atoms with van der Waals surface area (Å²) in [7, 11) is 0. The lowest BCUT2D eigenvalue weighted by Crippen LogP contribution is -2.32. The van der Waals surface area contributed by atoms with E-state index in [4.69, 9.17) is 0 Å².